The first-order chi connectivity index (χ1) is 16.7. The number of carbonyl (C=O) groups is 1. The standard InChI is InChI=1S/C22H38F8N2O5/c1-6-17(2,3)19(23,21(25,26)27)15-37-18(4,5)20(24,22(28,29)30)16(33)32-8-10-35-12-14-36-13-11-34-9-7-31/h6-15,31H2,1-5H3,(H,32,33). The molecule has 3 N–H and O–H groups in total. The van der Waals surface area contributed by atoms with Crippen molar-refractivity contribution in [1.29, 1.82) is 0 Å². The minimum Gasteiger partial charge on any atom is -0.378 e. The van der Waals surface area contributed by atoms with Crippen LogP contribution in [0.1, 0.15) is 41.0 Å². The van der Waals surface area contributed by atoms with E-state index in [1.54, 1.807) is 5.32 Å². The number of halogens is 8. The molecule has 0 rings (SSSR count). The highest BCUT2D eigenvalue weighted by atomic mass is 19.4. The fourth-order valence-electron chi connectivity index (χ4n) is 3.05. The number of hydrogen-bond donors (Lipinski definition) is 2. The van der Waals surface area contributed by atoms with Crippen molar-refractivity contribution < 1.29 is 58.9 Å². The minimum absolute atomic E-state index is 0.00460. The van der Waals surface area contributed by atoms with Crippen LogP contribution in [0.5, 0.6) is 0 Å². The molecule has 0 spiro atoms. The third-order valence-corrected chi connectivity index (χ3v) is 6.11. The van der Waals surface area contributed by atoms with E-state index in [1.165, 1.54) is 6.92 Å². The number of ether oxygens (including phenoxy) is 4. The molecule has 2 atom stereocenters. The molecule has 37 heavy (non-hydrogen) atoms. The van der Waals surface area contributed by atoms with Crippen LogP contribution in [0.3, 0.4) is 0 Å². The normalized spacial score (nSPS) is 16.8. The zero-order chi connectivity index (χ0) is 29.2. The van der Waals surface area contributed by atoms with E-state index < -0.39 is 53.8 Å². The summed E-state index contributed by atoms with van der Waals surface area (Å²) in [7, 11) is 0. The highest BCUT2D eigenvalue weighted by Crippen LogP contribution is 2.51. The van der Waals surface area contributed by atoms with E-state index in [0.29, 0.717) is 33.6 Å². The quantitative estimate of drug-likeness (QED) is 0.195. The average molecular weight is 563 g/mol. The maximum absolute atomic E-state index is 15.4. The molecule has 0 aliphatic heterocycles. The number of rotatable bonds is 18. The van der Waals surface area contributed by atoms with Crippen LogP contribution in [0.15, 0.2) is 0 Å². The Bertz CT molecular complexity index is 691. The SMILES string of the molecule is CCC(C)(C)C(F)(COC(C)(C)C(F)(C(=O)NCCOCCOCCOCCN)C(F)(F)F)C(F)(F)F. The Kier molecular flexibility index (Phi) is 13.7. The summed E-state index contributed by atoms with van der Waals surface area (Å²) >= 11 is 0. The molecule has 0 aromatic rings. The molecule has 0 aliphatic rings. The molecule has 15 heteroatoms. The largest absolute Gasteiger partial charge is 0.434 e. The van der Waals surface area contributed by atoms with E-state index in [1.807, 2.05) is 0 Å². The van der Waals surface area contributed by atoms with Crippen LogP contribution in [0.2, 0.25) is 0 Å². The zero-order valence-corrected chi connectivity index (χ0v) is 21.7. The van der Waals surface area contributed by atoms with E-state index >= 15 is 8.78 Å². The maximum Gasteiger partial charge on any atom is 0.434 e. The molecule has 0 aliphatic carbocycles. The molecule has 0 heterocycles. The van der Waals surface area contributed by atoms with Crippen LogP contribution in [-0.2, 0) is 23.7 Å². The van der Waals surface area contributed by atoms with Gasteiger partial charge < -0.3 is 30.0 Å². The summed E-state index contributed by atoms with van der Waals surface area (Å²) in [6, 6.07) is 0. The van der Waals surface area contributed by atoms with Gasteiger partial charge in [0.2, 0.25) is 5.67 Å². The third kappa shape index (κ3) is 9.15. The Balaban J connectivity index is 5.19. The predicted octanol–water partition coefficient (Wildman–Crippen LogP) is 3.88. The summed E-state index contributed by atoms with van der Waals surface area (Å²) in [5.41, 5.74) is -9.06. The smallest absolute Gasteiger partial charge is 0.378 e. The number of nitrogens with two attached hydrogens (primary N) is 1. The Morgan fingerprint density at radius 3 is 1.62 bits per heavy atom. The summed E-state index contributed by atoms with van der Waals surface area (Å²) in [5, 5.41) is 1.70. The second-order valence-electron chi connectivity index (χ2n) is 9.37. The van der Waals surface area contributed by atoms with Gasteiger partial charge >= 0.3 is 18.0 Å². The Labute approximate surface area is 211 Å². The van der Waals surface area contributed by atoms with Gasteiger partial charge in [-0.2, -0.15) is 26.3 Å². The fraction of sp³-hybridized carbons (Fsp3) is 0.955. The summed E-state index contributed by atoms with van der Waals surface area (Å²) < 4.78 is 132. The molecular weight excluding hydrogens is 524 g/mol. The molecular formula is C22H38F8N2O5. The van der Waals surface area contributed by atoms with Gasteiger partial charge in [0.25, 0.3) is 5.91 Å². The Hall–Kier alpha value is -1.29. The van der Waals surface area contributed by atoms with Crippen molar-refractivity contribution in [3.63, 3.8) is 0 Å². The molecule has 0 saturated heterocycles. The van der Waals surface area contributed by atoms with Crippen molar-refractivity contribution in [2.75, 3.05) is 59.3 Å². The van der Waals surface area contributed by atoms with Crippen molar-refractivity contribution in [2.45, 2.75) is 70.3 Å². The van der Waals surface area contributed by atoms with Gasteiger partial charge in [0.1, 0.15) is 5.60 Å². The van der Waals surface area contributed by atoms with Crippen LogP contribution in [0.4, 0.5) is 35.1 Å². The zero-order valence-electron chi connectivity index (χ0n) is 21.7. The lowest BCUT2D eigenvalue weighted by Gasteiger charge is -2.45. The second-order valence-corrected chi connectivity index (χ2v) is 9.37. The van der Waals surface area contributed by atoms with Gasteiger partial charge in [-0.25, -0.2) is 8.78 Å². The number of amides is 1. The van der Waals surface area contributed by atoms with Crippen LogP contribution >= 0.6 is 0 Å². The first-order valence-electron chi connectivity index (χ1n) is 11.6. The number of carbonyl (C=O) groups excluding carboxylic acids is 1. The van der Waals surface area contributed by atoms with E-state index in [-0.39, 0.29) is 32.8 Å². The number of hydrogen-bond acceptors (Lipinski definition) is 6. The predicted molar refractivity (Wildman–Crippen MR) is 118 cm³/mol. The summed E-state index contributed by atoms with van der Waals surface area (Å²) in [4.78, 5) is 12.3. The molecule has 0 aromatic carbocycles. The van der Waals surface area contributed by atoms with Gasteiger partial charge in [-0.3, -0.25) is 4.79 Å². The average Bonchev–Trinajstić information content (AvgIpc) is 2.78. The molecule has 0 fully saturated rings. The van der Waals surface area contributed by atoms with Crippen molar-refractivity contribution in [2.24, 2.45) is 11.1 Å². The lowest BCUT2D eigenvalue weighted by atomic mass is 9.73. The van der Waals surface area contributed by atoms with Crippen LogP contribution in [-0.4, -0.2) is 94.5 Å². The van der Waals surface area contributed by atoms with Crippen molar-refractivity contribution in [3.05, 3.63) is 0 Å². The molecule has 1 amide bonds. The van der Waals surface area contributed by atoms with Gasteiger partial charge in [-0.1, -0.05) is 20.8 Å². The van der Waals surface area contributed by atoms with E-state index in [2.05, 4.69) is 4.74 Å². The van der Waals surface area contributed by atoms with E-state index in [0.717, 1.165) is 13.8 Å². The third-order valence-electron chi connectivity index (χ3n) is 6.11. The number of alkyl halides is 8. The van der Waals surface area contributed by atoms with Crippen LogP contribution < -0.4 is 11.1 Å². The Morgan fingerprint density at radius 1 is 0.757 bits per heavy atom. The van der Waals surface area contributed by atoms with Crippen molar-refractivity contribution in [1.82, 2.24) is 5.32 Å². The van der Waals surface area contributed by atoms with Gasteiger partial charge in [0.05, 0.1) is 46.2 Å². The molecule has 7 nitrogen and oxygen atoms in total. The highest BCUT2D eigenvalue weighted by molar-refractivity contribution is 5.87. The summed E-state index contributed by atoms with van der Waals surface area (Å²) in [6.07, 6.45) is -11.8. The van der Waals surface area contributed by atoms with E-state index in [9.17, 15) is 31.1 Å². The van der Waals surface area contributed by atoms with Crippen molar-refractivity contribution >= 4 is 5.91 Å². The topological polar surface area (TPSA) is 92.0 Å². The first kappa shape index (κ1) is 35.7. The highest BCUT2D eigenvalue weighted by Gasteiger charge is 2.72. The number of nitrogens with one attached hydrogen (secondary N) is 1. The van der Waals surface area contributed by atoms with E-state index in [4.69, 9.17) is 19.9 Å². The molecule has 0 bridgehead atoms. The lowest BCUT2D eigenvalue weighted by Crippen LogP contribution is -2.67. The monoisotopic (exact) mass is 562 g/mol. The van der Waals surface area contributed by atoms with Crippen LogP contribution in [0, 0.1) is 5.41 Å². The minimum atomic E-state index is -5.90. The van der Waals surface area contributed by atoms with Crippen molar-refractivity contribution in [3.8, 4) is 0 Å². The molecule has 0 saturated carbocycles. The molecule has 0 aromatic heterocycles. The summed E-state index contributed by atoms with van der Waals surface area (Å²) in [6.45, 7) is 2.47. The van der Waals surface area contributed by atoms with Gasteiger partial charge in [0, 0.05) is 18.5 Å². The fourth-order valence-corrected chi connectivity index (χ4v) is 3.05. The maximum atomic E-state index is 15.4. The molecule has 222 valence electrons. The van der Waals surface area contributed by atoms with Crippen LogP contribution in [0.25, 0.3) is 0 Å². The second kappa shape index (κ2) is 14.2. The lowest BCUT2D eigenvalue weighted by molar-refractivity contribution is -0.313. The van der Waals surface area contributed by atoms with Gasteiger partial charge in [-0.05, 0) is 20.3 Å². The molecule has 2 unspecified atom stereocenters. The summed E-state index contributed by atoms with van der Waals surface area (Å²) in [5.74, 6) is -2.21. The van der Waals surface area contributed by atoms with Gasteiger partial charge in [0.15, 0.2) is 0 Å². The molecule has 0 radical (unpaired) electrons. The first-order valence-corrected chi connectivity index (χ1v) is 11.6. The Morgan fingerprint density at radius 2 is 1.22 bits per heavy atom. The van der Waals surface area contributed by atoms with Gasteiger partial charge in [-0.15, -0.1) is 0 Å².